The Morgan fingerprint density at radius 2 is 2.10 bits per heavy atom. The van der Waals surface area contributed by atoms with Crippen LogP contribution in [0.4, 0.5) is 4.39 Å². The Labute approximate surface area is 126 Å². The standard InChI is InChI=1S/C16H25FN2O2/c1-5-19(16(20)14(18)8-11(2)3)10-12-6-7-15(21-4)13(17)9-12/h6-7,9,11,14H,5,8,10,18H2,1-4H3. The maximum Gasteiger partial charge on any atom is 0.239 e. The highest BCUT2D eigenvalue weighted by Gasteiger charge is 2.21. The van der Waals surface area contributed by atoms with Gasteiger partial charge in [-0.2, -0.15) is 0 Å². The fourth-order valence-electron chi connectivity index (χ4n) is 2.22. The van der Waals surface area contributed by atoms with Crippen molar-refractivity contribution in [1.82, 2.24) is 4.90 Å². The van der Waals surface area contributed by atoms with Crippen LogP contribution >= 0.6 is 0 Å². The van der Waals surface area contributed by atoms with Crippen molar-refractivity contribution in [3.63, 3.8) is 0 Å². The molecule has 4 nitrogen and oxygen atoms in total. The van der Waals surface area contributed by atoms with Crippen molar-refractivity contribution in [2.45, 2.75) is 39.8 Å². The third kappa shape index (κ3) is 5.01. The summed E-state index contributed by atoms with van der Waals surface area (Å²) in [5.74, 6) is 0.0399. The van der Waals surface area contributed by atoms with Gasteiger partial charge in [0.1, 0.15) is 0 Å². The lowest BCUT2D eigenvalue weighted by atomic mass is 10.0. The predicted molar refractivity (Wildman–Crippen MR) is 81.5 cm³/mol. The van der Waals surface area contributed by atoms with E-state index in [0.717, 1.165) is 5.56 Å². The molecule has 0 fully saturated rings. The zero-order valence-corrected chi connectivity index (χ0v) is 13.2. The number of methoxy groups -OCH3 is 1. The maximum absolute atomic E-state index is 13.7. The zero-order chi connectivity index (χ0) is 16.0. The first-order chi connectivity index (χ1) is 9.88. The number of hydrogen-bond donors (Lipinski definition) is 1. The third-order valence-corrected chi connectivity index (χ3v) is 3.33. The van der Waals surface area contributed by atoms with Crippen LogP contribution in [0.25, 0.3) is 0 Å². The molecule has 0 aliphatic rings. The highest BCUT2D eigenvalue weighted by molar-refractivity contribution is 5.81. The summed E-state index contributed by atoms with van der Waals surface area (Å²) in [6.07, 6.45) is 0.645. The minimum absolute atomic E-state index is 0.0950. The molecule has 0 spiro atoms. The van der Waals surface area contributed by atoms with Gasteiger partial charge in [0.05, 0.1) is 13.2 Å². The molecule has 5 heteroatoms. The van der Waals surface area contributed by atoms with Crippen LogP contribution in [0.1, 0.15) is 32.8 Å². The van der Waals surface area contributed by atoms with Gasteiger partial charge in [-0.3, -0.25) is 4.79 Å². The Morgan fingerprint density at radius 3 is 2.57 bits per heavy atom. The number of benzene rings is 1. The highest BCUT2D eigenvalue weighted by Crippen LogP contribution is 2.19. The maximum atomic E-state index is 13.7. The topological polar surface area (TPSA) is 55.6 Å². The van der Waals surface area contributed by atoms with Gasteiger partial charge in [-0.15, -0.1) is 0 Å². The summed E-state index contributed by atoms with van der Waals surface area (Å²) in [6, 6.07) is 4.21. The van der Waals surface area contributed by atoms with Crippen LogP contribution in [0.15, 0.2) is 18.2 Å². The molecule has 21 heavy (non-hydrogen) atoms. The molecule has 1 atom stereocenters. The van der Waals surface area contributed by atoms with E-state index in [1.54, 1.807) is 17.0 Å². The summed E-state index contributed by atoms with van der Waals surface area (Å²) in [5.41, 5.74) is 6.66. The second-order valence-corrected chi connectivity index (χ2v) is 5.56. The molecule has 0 radical (unpaired) electrons. The van der Waals surface area contributed by atoms with Crippen molar-refractivity contribution in [1.29, 1.82) is 0 Å². The largest absolute Gasteiger partial charge is 0.494 e. The molecule has 1 amide bonds. The van der Waals surface area contributed by atoms with Gasteiger partial charge in [0.25, 0.3) is 0 Å². The van der Waals surface area contributed by atoms with Crippen LogP contribution in [0, 0.1) is 11.7 Å². The van der Waals surface area contributed by atoms with Gasteiger partial charge >= 0.3 is 0 Å². The Hall–Kier alpha value is -1.62. The first kappa shape index (κ1) is 17.4. The lowest BCUT2D eigenvalue weighted by Gasteiger charge is -2.25. The van der Waals surface area contributed by atoms with Crippen LogP contribution in [0.2, 0.25) is 0 Å². The van der Waals surface area contributed by atoms with E-state index in [4.69, 9.17) is 10.5 Å². The monoisotopic (exact) mass is 296 g/mol. The first-order valence-electron chi connectivity index (χ1n) is 7.25. The summed E-state index contributed by atoms with van der Waals surface area (Å²) in [6.45, 7) is 6.84. The minimum atomic E-state index is -0.506. The molecule has 1 aromatic carbocycles. The van der Waals surface area contributed by atoms with Gasteiger partial charge in [0, 0.05) is 13.1 Å². The van der Waals surface area contributed by atoms with Crippen LogP contribution < -0.4 is 10.5 Å². The number of carbonyl (C=O) groups excluding carboxylic acids is 1. The molecule has 0 aliphatic carbocycles. The van der Waals surface area contributed by atoms with E-state index in [2.05, 4.69) is 0 Å². The molecule has 1 rings (SSSR count). The van der Waals surface area contributed by atoms with Crippen molar-refractivity contribution in [2.24, 2.45) is 11.7 Å². The van der Waals surface area contributed by atoms with Gasteiger partial charge in [-0.05, 0) is 37.0 Å². The van der Waals surface area contributed by atoms with Gasteiger partial charge in [0.2, 0.25) is 5.91 Å². The fraction of sp³-hybridized carbons (Fsp3) is 0.562. The summed E-state index contributed by atoms with van der Waals surface area (Å²) in [7, 11) is 1.42. The molecule has 0 saturated carbocycles. The SMILES string of the molecule is CCN(Cc1ccc(OC)c(F)c1)C(=O)C(N)CC(C)C. The molecular weight excluding hydrogens is 271 g/mol. The number of carbonyl (C=O) groups is 1. The van der Waals surface area contributed by atoms with Crippen molar-refractivity contribution in [3.05, 3.63) is 29.6 Å². The Morgan fingerprint density at radius 1 is 1.43 bits per heavy atom. The lowest BCUT2D eigenvalue weighted by Crippen LogP contribution is -2.44. The van der Waals surface area contributed by atoms with Gasteiger partial charge in [-0.25, -0.2) is 4.39 Å². The van der Waals surface area contributed by atoms with E-state index in [0.29, 0.717) is 25.4 Å². The van der Waals surface area contributed by atoms with Crippen molar-refractivity contribution in [2.75, 3.05) is 13.7 Å². The molecule has 0 saturated heterocycles. The first-order valence-corrected chi connectivity index (χ1v) is 7.25. The summed E-state index contributed by atoms with van der Waals surface area (Å²) in [5, 5.41) is 0. The quantitative estimate of drug-likeness (QED) is 0.841. The van der Waals surface area contributed by atoms with Crippen molar-refractivity contribution in [3.8, 4) is 5.75 Å². The predicted octanol–water partition coefficient (Wildman–Crippen LogP) is 2.56. The Bertz CT molecular complexity index is 477. The summed E-state index contributed by atoms with van der Waals surface area (Å²) in [4.78, 5) is 14.0. The van der Waals surface area contributed by atoms with Crippen LogP contribution in [-0.4, -0.2) is 30.5 Å². The number of rotatable bonds is 7. The molecule has 2 N–H and O–H groups in total. The zero-order valence-electron chi connectivity index (χ0n) is 13.2. The molecule has 1 unspecified atom stereocenters. The van der Waals surface area contributed by atoms with E-state index in [9.17, 15) is 9.18 Å². The highest BCUT2D eigenvalue weighted by atomic mass is 19.1. The van der Waals surface area contributed by atoms with Crippen LogP contribution in [0.5, 0.6) is 5.75 Å². The lowest BCUT2D eigenvalue weighted by molar-refractivity contribution is -0.133. The minimum Gasteiger partial charge on any atom is -0.494 e. The number of hydrogen-bond acceptors (Lipinski definition) is 3. The van der Waals surface area contributed by atoms with Crippen LogP contribution in [0.3, 0.4) is 0 Å². The Kier molecular flexibility index (Phi) is 6.62. The fourth-order valence-corrected chi connectivity index (χ4v) is 2.22. The smallest absolute Gasteiger partial charge is 0.239 e. The van der Waals surface area contributed by atoms with Gasteiger partial charge in [0.15, 0.2) is 11.6 Å². The number of nitrogens with zero attached hydrogens (tertiary/aromatic N) is 1. The van der Waals surface area contributed by atoms with E-state index in [1.807, 2.05) is 20.8 Å². The molecule has 0 heterocycles. The molecular formula is C16H25FN2O2. The number of nitrogens with two attached hydrogens (primary N) is 1. The van der Waals surface area contributed by atoms with Crippen LogP contribution in [-0.2, 0) is 11.3 Å². The van der Waals surface area contributed by atoms with Gasteiger partial charge in [-0.1, -0.05) is 19.9 Å². The van der Waals surface area contributed by atoms with E-state index >= 15 is 0 Å². The molecule has 1 aromatic rings. The average molecular weight is 296 g/mol. The van der Waals surface area contributed by atoms with Gasteiger partial charge < -0.3 is 15.4 Å². The third-order valence-electron chi connectivity index (χ3n) is 3.33. The Balaban J connectivity index is 2.77. The summed E-state index contributed by atoms with van der Waals surface area (Å²) >= 11 is 0. The number of halogens is 1. The molecule has 0 bridgehead atoms. The van der Waals surface area contributed by atoms with Crippen molar-refractivity contribution < 1.29 is 13.9 Å². The van der Waals surface area contributed by atoms with E-state index < -0.39 is 11.9 Å². The molecule has 0 aromatic heterocycles. The molecule has 0 aliphatic heterocycles. The second-order valence-electron chi connectivity index (χ2n) is 5.56. The molecule has 118 valence electrons. The average Bonchev–Trinajstić information content (AvgIpc) is 2.43. The van der Waals surface area contributed by atoms with Crippen molar-refractivity contribution >= 4 is 5.91 Å². The normalized spacial score (nSPS) is 12.3. The van der Waals surface area contributed by atoms with E-state index in [-0.39, 0.29) is 11.7 Å². The number of ether oxygens (including phenoxy) is 1. The van der Waals surface area contributed by atoms with E-state index in [1.165, 1.54) is 13.2 Å². The number of likely N-dealkylation sites (N-methyl/N-ethyl adjacent to an activating group) is 1. The number of amides is 1. The summed E-state index contributed by atoms with van der Waals surface area (Å²) < 4.78 is 18.6. The second kappa shape index (κ2) is 7.98.